The molecule has 2 atom stereocenters. The number of benzene rings is 2. The van der Waals surface area contributed by atoms with Gasteiger partial charge in [0, 0.05) is 31.2 Å². The Labute approximate surface area is 172 Å². The Morgan fingerprint density at radius 3 is 2.46 bits per heavy atom. The molecule has 2 aromatic carbocycles. The summed E-state index contributed by atoms with van der Waals surface area (Å²) in [6, 6.07) is 17.0. The highest BCUT2D eigenvalue weighted by atomic mass is 35.5. The van der Waals surface area contributed by atoms with E-state index in [1.165, 1.54) is 0 Å². The molecule has 2 aromatic rings. The quantitative estimate of drug-likeness (QED) is 0.809. The summed E-state index contributed by atoms with van der Waals surface area (Å²) in [6.07, 6.45) is 0.256. The molecule has 0 radical (unpaired) electrons. The van der Waals surface area contributed by atoms with Crippen LogP contribution in [0.4, 0.5) is 0 Å². The Hall–Kier alpha value is -2.37. The number of carbonyl (C=O) groups is 2. The van der Waals surface area contributed by atoms with Gasteiger partial charge < -0.3 is 15.5 Å². The van der Waals surface area contributed by atoms with E-state index in [9.17, 15) is 9.59 Å². The maximum Gasteiger partial charge on any atom is 0.251 e. The number of nitrogens with one attached hydrogen (secondary N) is 2. The van der Waals surface area contributed by atoms with Gasteiger partial charge in [0.15, 0.2) is 0 Å². The van der Waals surface area contributed by atoms with Crippen LogP contribution < -0.4 is 10.6 Å². The van der Waals surface area contributed by atoms with Gasteiger partial charge in [0.05, 0.1) is 12.5 Å². The zero-order valence-corrected chi connectivity index (χ0v) is 17.2. The van der Waals surface area contributed by atoms with Crippen molar-refractivity contribution in [1.29, 1.82) is 0 Å². The average molecular weight is 402 g/mol. The van der Waals surface area contributed by atoms with E-state index in [4.69, 9.17) is 0 Å². The lowest BCUT2D eigenvalue weighted by molar-refractivity contribution is -0.134. The summed E-state index contributed by atoms with van der Waals surface area (Å²) in [5.41, 5.74) is 2.65. The molecule has 5 nitrogen and oxygen atoms in total. The minimum absolute atomic E-state index is 0. The van der Waals surface area contributed by atoms with Crippen molar-refractivity contribution in [2.24, 2.45) is 0 Å². The van der Waals surface area contributed by atoms with Gasteiger partial charge in [-0.25, -0.2) is 0 Å². The molecule has 28 heavy (non-hydrogen) atoms. The van der Waals surface area contributed by atoms with Gasteiger partial charge in [0.2, 0.25) is 5.91 Å². The van der Waals surface area contributed by atoms with Crippen LogP contribution in [0.3, 0.4) is 0 Å². The number of hydrogen-bond acceptors (Lipinski definition) is 3. The molecule has 1 saturated heterocycles. The van der Waals surface area contributed by atoms with Gasteiger partial charge in [-0.3, -0.25) is 9.59 Å². The van der Waals surface area contributed by atoms with Crippen LogP contribution in [-0.4, -0.2) is 42.4 Å². The molecule has 0 aliphatic carbocycles. The van der Waals surface area contributed by atoms with Crippen molar-refractivity contribution >= 4 is 24.2 Å². The van der Waals surface area contributed by atoms with Crippen LogP contribution in [0, 0.1) is 6.92 Å². The Bertz CT molecular complexity index is 780. The lowest BCUT2D eigenvalue weighted by Gasteiger charge is -2.35. The van der Waals surface area contributed by atoms with Crippen molar-refractivity contribution < 1.29 is 9.59 Å². The maximum absolute atomic E-state index is 12.9. The van der Waals surface area contributed by atoms with E-state index in [0.717, 1.165) is 24.2 Å². The fourth-order valence-corrected chi connectivity index (χ4v) is 3.39. The number of hydrogen-bond donors (Lipinski definition) is 2. The Morgan fingerprint density at radius 1 is 1.14 bits per heavy atom. The highest BCUT2D eigenvalue weighted by molar-refractivity contribution is 5.94. The largest absolute Gasteiger partial charge is 0.345 e. The van der Waals surface area contributed by atoms with Crippen LogP contribution in [0.2, 0.25) is 0 Å². The summed E-state index contributed by atoms with van der Waals surface area (Å²) in [5.74, 6) is -0.0907. The van der Waals surface area contributed by atoms with Crippen molar-refractivity contribution in [2.75, 3.05) is 19.6 Å². The standard InChI is InChI=1S/C22H27N3O2.ClH/c1-16-8-10-19(11-9-16)22(27)24-20(18-6-4-3-5-7-18)14-21(26)25-13-12-23-15-17(25)2;/h3-11,17,20,23H,12-15H2,1-2H3,(H,24,27);1H. The zero-order chi connectivity index (χ0) is 19.2. The molecule has 2 amide bonds. The van der Waals surface area contributed by atoms with E-state index >= 15 is 0 Å². The molecular formula is C22H28ClN3O2. The molecule has 1 fully saturated rings. The Morgan fingerprint density at radius 2 is 1.82 bits per heavy atom. The molecular weight excluding hydrogens is 374 g/mol. The predicted octanol–water partition coefficient (Wildman–Crippen LogP) is 3.10. The highest BCUT2D eigenvalue weighted by Crippen LogP contribution is 2.20. The number of halogens is 1. The molecule has 3 rings (SSSR count). The molecule has 0 saturated carbocycles. The molecule has 1 aliphatic rings. The summed E-state index contributed by atoms with van der Waals surface area (Å²) in [6.45, 7) is 6.35. The van der Waals surface area contributed by atoms with Gasteiger partial charge >= 0.3 is 0 Å². The zero-order valence-electron chi connectivity index (χ0n) is 16.4. The summed E-state index contributed by atoms with van der Waals surface area (Å²) in [5, 5.41) is 6.35. The van der Waals surface area contributed by atoms with Crippen molar-refractivity contribution in [3.8, 4) is 0 Å². The normalized spacial score (nSPS) is 17.4. The SMILES string of the molecule is Cc1ccc(C(=O)NC(CC(=O)N2CCNCC2C)c2ccccc2)cc1.Cl. The number of aryl methyl sites for hydroxylation is 1. The number of nitrogens with zero attached hydrogens (tertiary/aromatic N) is 1. The van der Waals surface area contributed by atoms with E-state index in [1.54, 1.807) is 0 Å². The fraction of sp³-hybridized carbons (Fsp3) is 0.364. The van der Waals surface area contributed by atoms with Crippen LogP contribution in [0.5, 0.6) is 0 Å². The first-order chi connectivity index (χ1) is 13.0. The second-order valence-corrected chi connectivity index (χ2v) is 7.15. The molecule has 2 unspecified atom stereocenters. The lowest BCUT2D eigenvalue weighted by Crippen LogP contribution is -2.52. The molecule has 0 spiro atoms. The van der Waals surface area contributed by atoms with E-state index in [-0.39, 0.29) is 42.7 Å². The minimum atomic E-state index is -0.352. The number of carbonyl (C=O) groups excluding carboxylic acids is 2. The Balaban J connectivity index is 0.00000280. The first-order valence-corrected chi connectivity index (χ1v) is 9.47. The predicted molar refractivity (Wildman–Crippen MR) is 114 cm³/mol. The monoisotopic (exact) mass is 401 g/mol. The van der Waals surface area contributed by atoms with Gasteiger partial charge in [-0.15, -0.1) is 12.4 Å². The third-order valence-corrected chi connectivity index (χ3v) is 5.02. The molecule has 150 valence electrons. The van der Waals surface area contributed by atoms with E-state index in [1.807, 2.05) is 73.3 Å². The lowest BCUT2D eigenvalue weighted by atomic mass is 10.0. The summed E-state index contributed by atoms with van der Waals surface area (Å²) >= 11 is 0. The summed E-state index contributed by atoms with van der Waals surface area (Å²) in [7, 11) is 0. The second kappa shape index (κ2) is 10.2. The van der Waals surface area contributed by atoms with Crippen LogP contribution in [0.25, 0.3) is 0 Å². The van der Waals surface area contributed by atoms with Crippen LogP contribution in [-0.2, 0) is 4.79 Å². The summed E-state index contributed by atoms with van der Waals surface area (Å²) in [4.78, 5) is 27.5. The maximum atomic E-state index is 12.9. The van der Waals surface area contributed by atoms with Gasteiger partial charge in [-0.2, -0.15) is 0 Å². The number of piperazine rings is 1. The summed E-state index contributed by atoms with van der Waals surface area (Å²) < 4.78 is 0. The molecule has 1 aliphatic heterocycles. The second-order valence-electron chi connectivity index (χ2n) is 7.15. The topological polar surface area (TPSA) is 61.4 Å². The highest BCUT2D eigenvalue weighted by Gasteiger charge is 2.27. The van der Waals surface area contributed by atoms with E-state index in [2.05, 4.69) is 10.6 Å². The van der Waals surface area contributed by atoms with Gasteiger partial charge in [-0.1, -0.05) is 48.0 Å². The van der Waals surface area contributed by atoms with E-state index < -0.39 is 0 Å². The van der Waals surface area contributed by atoms with Crippen molar-refractivity contribution in [3.63, 3.8) is 0 Å². The van der Waals surface area contributed by atoms with Crippen molar-refractivity contribution in [2.45, 2.75) is 32.4 Å². The first kappa shape index (κ1) is 21.9. The van der Waals surface area contributed by atoms with Gasteiger partial charge in [0.25, 0.3) is 5.91 Å². The number of amides is 2. The van der Waals surface area contributed by atoms with Gasteiger partial charge in [-0.05, 0) is 31.5 Å². The molecule has 6 heteroatoms. The van der Waals surface area contributed by atoms with Crippen LogP contribution in [0.15, 0.2) is 54.6 Å². The minimum Gasteiger partial charge on any atom is -0.345 e. The molecule has 1 heterocycles. The molecule has 2 N–H and O–H groups in total. The molecule has 0 bridgehead atoms. The first-order valence-electron chi connectivity index (χ1n) is 9.47. The van der Waals surface area contributed by atoms with Crippen molar-refractivity contribution in [3.05, 3.63) is 71.3 Å². The smallest absolute Gasteiger partial charge is 0.251 e. The van der Waals surface area contributed by atoms with Crippen molar-refractivity contribution in [1.82, 2.24) is 15.5 Å². The molecule has 0 aromatic heterocycles. The number of rotatable bonds is 5. The fourth-order valence-electron chi connectivity index (χ4n) is 3.39. The van der Waals surface area contributed by atoms with Gasteiger partial charge in [0.1, 0.15) is 0 Å². The Kier molecular flexibility index (Phi) is 8.03. The van der Waals surface area contributed by atoms with E-state index in [0.29, 0.717) is 12.1 Å². The average Bonchev–Trinajstić information content (AvgIpc) is 2.69. The van der Waals surface area contributed by atoms with Crippen LogP contribution >= 0.6 is 12.4 Å². The third-order valence-electron chi connectivity index (χ3n) is 5.02. The third kappa shape index (κ3) is 5.57. The van der Waals surface area contributed by atoms with Crippen LogP contribution in [0.1, 0.15) is 40.9 Å².